The molecule has 0 N–H and O–H groups in total. The van der Waals surface area contributed by atoms with Crippen molar-refractivity contribution in [1.82, 2.24) is 0 Å². The molecular formula is C23H40O4. The Morgan fingerprint density at radius 1 is 0.852 bits per heavy atom. The first kappa shape index (κ1) is 25.7. The molecule has 0 bridgehead atoms. The van der Waals surface area contributed by atoms with Crippen molar-refractivity contribution in [2.75, 3.05) is 26.4 Å². The molecule has 0 fully saturated rings. The van der Waals surface area contributed by atoms with E-state index in [0.29, 0.717) is 51.1 Å². The summed E-state index contributed by atoms with van der Waals surface area (Å²) in [6.45, 7) is 18.2. The van der Waals surface area contributed by atoms with E-state index >= 15 is 0 Å². The zero-order valence-corrected chi connectivity index (χ0v) is 17.9. The van der Waals surface area contributed by atoms with Gasteiger partial charge in [-0.15, -0.1) is 0 Å². The summed E-state index contributed by atoms with van der Waals surface area (Å²) >= 11 is 0. The molecule has 0 aromatic rings. The largest absolute Gasteiger partial charge is 0.381 e. The summed E-state index contributed by atoms with van der Waals surface area (Å²) in [5.74, 6) is 0.888. The summed E-state index contributed by atoms with van der Waals surface area (Å²) in [5, 5.41) is 0. The van der Waals surface area contributed by atoms with Crippen LogP contribution in [0.25, 0.3) is 0 Å². The molecule has 2 atom stereocenters. The Balaban J connectivity index is 4.22. The van der Waals surface area contributed by atoms with Crippen molar-refractivity contribution < 1.29 is 19.1 Å². The molecule has 4 heteroatoms. The molecule has 0 saturated carbocycles. The van der Waals surface area contributed by atoms with Crippen LogP contribution in [-0.4, -0.2) is 38.0 Å². The molecule has 4 nitrogen and oxygen atoms in total. The van der Waals surface area contributed by atoms with E-state index in [2.05, 4.69) is 40.9 Å². The minimum atomic E-state index is 0.0211. The van der Waals surface area contributed by atoms with E-state index in [9.17, 15) is 9.59 Å². The minimum Gasteiger partial charge on any atom is -0.381 e. The topological polar surface area (TPSA) is 52.6 Å². The van der Waals surface area contributed by atoms with Crippen molar-refractivity contribution >= 4 is 11.6 Å². The van der Waals surface area contributed by atoms with Crippen LogP contribution in [0, 0.1) is 17.3 Å². The molecule has 0 heterocycles. The van der Waals surface area contributed by atoms with Crippen molar-refractivity contribution in [3.63, 3.8) is 0 Å². The van der Waals surface area contributed by atoms with Crippen molar-refractivity contribution in [3.05, 3.63) is 25.3 Å². The summed E-state index contributed by atoms with van der Waals surface area (Å²) < 4.78 is 12.0. The van der Waals surface area contributed by atoms with Gasteiger partial charge in [-0.2, -0.15) is 0 Å². The Labute approximate surface area is 166 Å². The summed E-state index contributed by atoms with van der Waals surface area (Å²) in [6, 6.07) is 0. The van der Waals surface area contributed by atoms with Gasteiger partial charge in [-0.1, -0.05) is 40.9 Å². The van der Waals surface area contributed by atoms with Gasteiger partial charge in [-0.25, -0.2) is 0 Å². The van der Waals surface area contributed by atoms with Gasteiger partial charge in [0.15, 0.2) is 11.6 Å². The monoisotopic (exact) mass is 380 g/mol. The van der Waals surface area contributed by atoms with Crippen molar-refractivity contribution in [2.45, 2.75) is 66.2 Å². The van der Waals surface area contributed by atoms with Crippen LogP contribution in [0.2, 0.25) is 0 Å². The number of ether oxygens (including phenoxy) is 2. The highest BCUT2D eigenvalue weighted by Crippen LogP contribution is 2.28. The fraction of sp³-hybridized carbons (Fsp3) is 0.739. The highest BCUT2D eigenvalue weighted by Gasteiger charge is 2.27. The maximum absolute atomic E-state index is 11.3. The number of allylic oxidation sites excluding steroid dienone is 2. The highest BCUT2D eigenvalue weighted by molar-refractivity contribution is 5.89. The lowest BCUT2D eigenvalue weighted by molar-refractivity contribution is -0.115. The zero-order chi connectivity index (χ0) is 20.7. The second kappa shape index (κ2) is 14.8. The molecule has 0 spiro atoms. The lowest BCUT2D eigenvalue weighted by Gasteiger charge is -2.32. The van der Waals surface area contributed by atoms with Gasteiger partial charge in [0.1, 0.15) is 0 Å². The van der Waals surface area contributed by atoms with Gasteiger partial charge in [0.05, 0.1) is 13.2 Å². The Kier molecular flexibility index (Phi) is 14.1. The normalized spacial score (nSPS) is 13.8. The zero-order valence-electron chi connectivity index (χ0n) is 17.9. The van der Waals surface area contributed by atoms with Crippen LogP contribution in [0.5, 0.6) is 0 Å². The first-order valence-corrected chi connectivity index (χ1v) is 10.3. The van der Waals surface area contributed by atoms with Gasteiger partial charge in [0.25, 0.3) is 0 Å². The Morgan fingerprint density at radius 2 is 1.22 bits per heavy atom. The Hall–Kier alpha value is -1.26. The average Bonchev–Trinajstić information content (AvgIpc) is 2.68. The molecule has 0 rings (SSSR count). The molecule has 0 amide bonds. The number of carbonyl (C=O) groups is 2. The van der Waals surface area contributed by atoms with Crippen LogP contribution < -0.4 is 0 Å². The SMILES string of the molecule is C=CC(=O)CCC(C)COCC(CC)(CC)COCC(C)CCC(=O)C=C. The quantitative estimate of drug-likeness (QED) is 0.308. The smallest absolute Gasteiger partial charge is 0.155 e. The number of hydrogen-bond donors (Lipinski definition) is 0. The van der Waals surface area contributed by atoms with E-state index in [1.165, 1.54) is 12.2 Å². The number of hydrogen-bond acceptors (Lipinski definition) is 4. The minimum absolute atomic E-state index is 0.0211. The van der Waals surface area contributed by atoms with Gasteiger partial charge >= 0.3 is 0 Å². The van der Waals surface area contributed by atoms with Crippen LogP contribution in [0.1, 0.15) is 66.2 Å². The van der Waals surface area contributed by atoms with E-state index in [-0.39, 0.29) is 17.0 Å². The molecule has 0 aliphatic carbocycles. The summed E-state index contributed by atoms with van der Waals surface area (Å²) in [7, 11) is 0. The van der Waals surface area contributed by atoms with Crippen LogP contribution in [0.3, 0.4) is 0 Å². The summed E-state index contributed by atoms with van der Waals surface area (Å²) in [6.07, 6.45) is 7.50. The maximum atomic E-state index is 11.3. The van der Waals surface area contributed by atoms with Crippen LogP contribution in [0.4, 0.5) is 0 Å². The Morgan fingerprint density at radius 3 is 1.52 bits per heavy atom. The van der Waals surface area contributed by atoms with Crippen LogP contribution >= 0.6 is 0 Å². The average molecular weight is 381 g/mol. The lowest BCUT2D eigenvalue weighted by Crippen LogP contribution is -2.32. The van der Waals surface area contributed by atoms with Gasteiger partial charge in [-0.3, -0.25) is 9.59 Å². The summed E-state index contributed by atoms with van der Waals surface area (Å²) in [5.41, 5.74) is 0.0211. The molecular weight excluding hydrogens is 340 g/mol. The predicted molar refractivity (Wildman–Crippen MR) is 112 cm³/mol. The fourth-order valence-corrected chi connectivity index (χ4v) is 2.80. The fourth-order valence-electron chi connectivity index (χ4n) is 2.80. The van der Waals surface area contributed by atoms with Gasteiger partial charge in [0.2, 0.25) is 0 Å². The first-order chi connectivity index (χ1) is 12.8. The maximum Gasteiger partial charge on any atom is 0.155 e. The third-order valence-corrected chi connectivity index (χ3v) is 5.34. The third kappa shape index (κ3) is 11.9. The number of rotatable bonds is 18. The summed E-state index contributed by atoms with van der Waals surface area (Å²) in [4.78, 5) is 22.6. The molecule has 0 aromatic heterocycles. The van der Waals surface area contributed by atoms with Crippen molar-refractivity contribution in [3.8, 4) is 0 Å². The van der Waals surface area contributed by atoms with Gasteiger partial charge in [-0.05, 0) is 49.7 Å². The van der Waals surface area contributed by atoms with Crippen LogP contribution in [-0.2, 0) is 19.1 Å². The van der Waals surface area contributed by atoms with E-state index in [0.717, 1.165) is 25.7 Å². The predicted octanol–water partition coefficient (Wildman–Crippen LogP) is 5.17. The molecule has 0 aliphatic heterocycles. The Bertz CT molecular complexity index is 413. The molecule has 0 saturated heterocycles. The highest BCUT2D eigenvalue weighted by atomic mass is 16.5. The second-order valence-corrected chi connectivity index (χ2v) is 7.87. The molecule has 2 unspecified atom stereocenters. The lowest BCUT2D eigenvalue weighted by atomic mass is 9.84. The molecule has 0 aromatic carbocycles. The third-order valence-electron chi connectivity index (χ3n) is 5.34. The molecule has 27 heavy (non-hydrogen) atoms. The van der Waals surface area contributed by atoms with E-state index in [1.807, 2.05) is 0 Å². The van der Waals surface area contributed by atoms with Crippen molar-refractivity contribution in [2.24, 2.45) is 17.3 Å². The van der Waals surface area contributed by atoms with E-state index < -0.39 is 0 Å². The van der Waals surface area contributed by atoms with Gasteiger partial charge < -0.3 is 9.47 Å². The van der Waals surface area contributed by atoms with Crippen molar-refractivity contribution in [1.29, 1.82) is 0 Å². The van der Waals surface area contributed by atoms with Gasteiger partial charge in [0, 0.05) is 31.5 Å². The number of carbonyl (C=O) groups excluding carboxylic acids is 2. The second-order valence-electron chi connectivity index (χ2n) is 7.87. The van der Waals surface area contributed by atoms with E-state index in [4.69, 9.17) is 9.47 Å². The molecule has 0 aliphatic rings. The molecule has 0 radical (unpaired) electrons. The standard InChI is InChI=1S/C23H40O4/c1-7-21(24)13-11-19(5)15-26-17-23(9-3,10-4)18-27-16-20(6)12-14-22(25)8-2/h7-8,19-20H,1-2,9-18H2,3-6H3. The van der Waals surface area contributed by atoms with E-state index in [1.54, 1.807) is 0 Å². The number of ketones is 2. The molecule has 156 valence electrons. The van der Waals surface area contributed by atoms with Crippen LogP contribution in [0.15, 0.2) is 25.3 Å². The first-order valence-electron chi connectivity index (χ1n) is 10.3.